The number of nitrogens with zero attached hydrogens (tertiary/aromatic N) is 2. The average Bonchev–Trinajstić information content (AvgIpc) is 2.45. The molecule has 0 radical (unpaired) electrons. The zero-order chi connectivity index (χ0) is 14.5. The minimum atomic E-state index is -0.0341. The van der Waals surface area contributed by atoms with Gasteiger partial charge in [0.25, 0.3) is 0 Å². The molecule has 2 rings (SSSR count). The van der Waals surface area contributed by atoms with Crippen molar-refractivity contribution in [2.24, 2.45) is 0 Å². The monoisotopic (exact) mass is 292 g/mol. The molecule has 0 N–H and O–H groups in total. The molecule has 0 atom stereocenters. The molecule has 0 aromatic heterocycles. The van der Waals surface area contributed by atoms with Crippen LogP contribution < -0.4 is 0 Å². The number of halogens is 1. The van der Waals surface area contributed by atoms with E-state index in [9.17, 15) is 9.59 Å². The highest BCUT2D eigenvalue weighted by atomic mass is 35.5. The lowest BCUT2D eigenvalue weighted by molar-refractivity contribution is -0.135. The van der Waals surface area contributed by atoms with E-state index in [0.29, 0.717) is 31.2 Å². The van der Waals surface area contributed by atoms with E-state index in [1.54, 1.807) is 41.0 Å². The van der Waals surface area contributed by atoms with Gasteiger partial charge in [-0.15, -0.1) is 0 Å². The number of rotatable bonds is 2. The van der Waals surface area contributed by atoms with Crippen LogP contribution in [0.4, 0.5) is 0 Å². The van der Waals surface area contributed by atoms with Crippen molar-refractivity contribution < 1.29 is 9.59 Å². The van der Waals surface area contributed by atoms with Crippen LogP contribution in [0.25, 0.3) is 6.08 Å². The molecule has 0 aliphatic carbocycles. The molecule has 0 unspecified atom stereocenters. The summed E-state index contributed by atoms with van der Waals surface area (Å²) in [6.45, 7) is 3.92. The summed E-state index contributed by atoms with van der Waals surface area (Å²) >= 11 is 5.89. The summed E-state index contributed by atoms with van der Waals surface area (Å²) in [7, 11) is 0. The quantitative estimate of drug-likeness (QED) is 0.783. The molecule has 0 saturated carbocycles. The third kappa shape index (κ3) is 3.84. The van der Waals surface area contributed by atoms with Crippen molar-refractivity contribution in [3.8, 4) is 0 Å². The molecule has 1 fully saturated rings. The van der Waals surface area contributed by atoms with Crippen molar-refractivity contribution in [1.29, 1.82) is 0 Å². The van der Waals surface area contributed by atoms with E-state index >= 15 is 0 Å². The maximum absolute atomic E-state index is 12.0. The Labute approximate surface area is 123 Å². The van der Waals surface area contributed by atoms with Crippen molar-refractivity contribution in [3.63, 3.8) is 0 Å². The predicted molar refractivity (Wildman–Crippen MR) is 79.3 cm³/mol. The first-order valence-corrected chi connectivity index (χ1v) is 6.92. The van der Waals surface area contributed by atoms with Crippen LogP contribution in [-0.2, 0) is 9.59 Å². The van der Waals surface area contributed by atoms with Gasteiger partial charge in [-0.1, -0.05) is 23.7 Å². The van der Waals surface area contributed by atoms with Gasteiger partial charge in [0.1, 0.15) is 0 Å². The van der Waals surface area contributed by atoms with Crippen LogP contribution in [0.15, 0.2) is 30.3 Å². The van der Waals surface area contributed by atoms with E-state index in [4.69, 9.17) is 11.6 Å². The first-order chi connectivity index (χ1) is 9.56. The Kier molecular flexibility index (Phi) is 4.79. The molecule has 20 heavy (non-hydrogen) atoms. The Morgan fingerprint density at radius 1 is 1.15 bits per heavy atom. The van der Waals surface area contributed by atoms with Gasteiger partial charge in [0.05, 0.1) is 0 Å². The fraction of sp³-hybridized carbons (Fsp3) is 0.333. The number of hydrogen-bond acceptors (Lipinski definition) is 2. The van der Waals surface area contributed by atoms with Crippen molar-refractivity contribution in [3.05, 3.63) is 40.9 Å². The maximum Gasteiger partial charge on any atom is 0.246 e. The summed E-state index contributed by atoms with van der Waals surface area (Å²) in [6, 6.07) is 7.34. The van der Waals surface area contributed by atoms with Crippen LogP contribution in [0.1, 0.15) is 12.5 Å². The lowest BCUT2D eigenvalue weighted by atomic mass is 10.2. The number of carbonyl (C=O) groups excluding carboxylic acids is 2. The molecule has 1 saturated heterocycles. The largest absolute Gasteiger partial charge is 0.339 e. The van der Waals surface area contributed by atoms with Crippen molar-refractivity contribution in [1.82, 2.24) is 9.80 Å². The van der Waals surface area contributed by atoms with Crippen LogP contribution in [-0.4, -0.2) is 47.8 Å². The van der Waals surface area contributed by atoms with Crippen LogP contribution in [0.2, 0.25) is 5.02 Å². The number of piperazine rings is 1. The van der Waals surface area contributed by atoms with Gasteiger partial charge < -0.3 is 9.80 Å². The summed E-state index contributed by atoms with van der Waals surface area (Å²) in [5.74, 6) is 0.0275. The first-order valence-electron chi connectivity index (χ1n) is 6.54. The highest BCUT2D eigenvalue weighted by molar-refractivity contribution is 6.30. The van der Waals surface area contributed by atoms with Gasteiger partial charge >= 0.3 is 0 Å². The summed E-state index contributed by atoms with van der Waals surface area (Å²) in [5, 5.41) is 0.648. The molecule has 0 spiro atoms. The molecule has 5 heteroatoms. The lowest BCUT2D eigenvalue weighted by Crippen LogP contribution is -2.49. The standard InChI is InChI=1S/C15H17ClN2O2/c1-12(19)17-7-9-18(10-8-17)15(20)6-5-13-3-2-4-14(16)11-13/h2-6,11H,7-10H2,1H3/b6-5+. The fourth-order valence-corrected chi connectivity index (χ4v) is 2.32. The van der Waals surface area contributed by atoms with Gasteiger partial charge in [0.2, 0.25) is 11.8 Å². The molecule has 1 aliphatic heterocycles. The highest BCUT2D eigenvalue weighted by Crippen LogP contribution is 2.12. The molecule has 106 valence electrons. The van der Waals surface area contributed by atoms with Gasteiger partial charge in [-0.3, -0.25) is 9.59 Å². The molecule has 0 bridgehead atoms. The number of amides is 2. The zero-order valence-electron chi connectivity index (χ0n) is 11.4. The van der Waals surface area contributed by atoms with Crippen molar-refractivity contribution in [2.75, 3.05) is 26.2 Å². The van der Waals surface area contributed by atoms with Crippen LogP contribution in [0.5, 0.6) is 0 Å². The molecule has 1 heterocycles. The normalized spacial score (nSPS) is 15.7. The Morgan fingerprint density at radius 2 is 1.80 bits per heavy atom. The molecule has 1 aromatic carbocycles. The van der Waals surface area contributed by atoms with Gasteiger partial charge in [-0.25, -0.2) is 0 Å². The van der Waals surface area contributed by atoms with Gasteiger partial charge in [0, 0.05) is 44.2 Å². The summed E-state index contributed by atoms with van der Waals surface area (Å²) < 4.78 is 0. The van der Waals surface area contributed by atoms with Crippen LogP contribution >= 0.6 is 11.6 Å². The van der Waals surface area contributed by atoms with Gasteiger partial charge in [0.15, 0.2) is 0 Å². The Morgan fingerprint density at radius 3 is 2.40 bits per heavy atom. The number of benzene rings is 1. The summed E-state index contributed by atoms with van der Waals surface area (Å²) in [5.41, 5.74) is 0.897. The van der Waals surface area contributed by atoms with E-state index in [1.165, 1.54) is 0 Å². The Hall–Kier alpha value is -1.81. The van der Waals surface area contributed by atoms with Crippen molar-refractivity contribution in [2.45, 2.75) is 6.92 Å². The lowest BCUT2D eigenvalue weighted by Gasteiger charge is -2.33. The van der Waals surface area contributed by atoms with Gasteiger partial charge in [-0.05, 0) is 23.8 Å². The molecular weight excluding hydrogens is 276 g/mol. The zero-order valence-corrected chi connectivity index (χ0v) is 12.1. The predicted octanol–water partition coefficient (Wildman–Crippen LogP) is 2.04. The van der Waals surface area contributed by atoms with Gasteiger partial charge in [-0.2, -0.15) is 0 Å². The molecule has 1 aromatic rings. The minimum Gasteiger partial charge on any atom is -0.339 e. The smallest absolute Gasteiger partial charge is 0.246 e. The average molecular weight is 293 g/mol. The Bertz CT molecular complexity index is 534. The van der Waals surface area contributed by atoms with E-state index in [-0.39, 0.29) is 11.8 Å². The topological polar surface area (TPSA) is 40.6 Å². The molecule has 2 amide bonds. The molecule has 4 nitrogen and oxygen atoms in total. The van der Waals surface area contributed by atoms with E-state index < -0.39 is 0 Å². The third-order valence-corrected chi connectivity index (χ3v) is 3.54. The van der Waals surface area contributed by atoms with E-state index in [2.05, 4.69) is 0 Å². The first kappa shape index (κ1) is 14.6. The minimum absolute atomic E-state index is 0.0341. The third-order valence-electron chi connectivity index (χ3n) is 3.30. The second-order valence-corrected chi connectivity index (χ2v) is 5.16. The van der Waals surface area contributed by atoms with Crippen LogP contribution in [0.3, 0.4) is 0 Å². The fourth-order valence-electron chi connectivity index (χ4n) is 2.12. The van der Waals surface area contributed by atoms with Crippen LogP contribution in [0, 0.1) is 0 Å². The maximum atomic E-state index is 12.0. The summed E-state index contributed by atoms with van der Waals surface area (Å²) in [4.78, 5) is 26.8. The molecule has 1 aliphatic rings. The SMILES string of the molecule is CC(=O)N1CCN(C(=O)/C=C/c2cccc(Cl)c2)CC1. The number of carbonyl (C=O) groups is 2. The second-order valence-electron chi connectivity index (χ2n) is 4.72. The number of hydrogen-bond donors (Lipinski definition) is 0. The van der Waals surface area contributed by atoms with E-state index in [1.807, 2.05) is 12.1 Å². The molecular formula is C15H17ClN2O2. The summed E-state index contributed by atoms with van der Waals surface area (Å²) in [6.07, 6.45) is 3.31. The van der Waals surface area contributed by atoms with Crippen molar-refractivity contribution >= 4 is 29.5 Å². The second kappa shape index (κ2) is 6.57. The highest BCUT2D eigenvalue weighted by Gasteiger charge is 2.20. The van der Waals surface area contributed by atoms with E-state index in [0.717, 1.165) is 5.56 Å². The Balaban J connectivity index is 1.91.